The molecule has 1 aromatic rings. The van der Waals surface area contributed by atoms with Gasteiger partial charge in [0.05, 0.1) is 17.4 Å². The number of hydrogen-bond donors (Lipinski definition) is 1. The Bertz CT molecular complexity index is 1840. The van der Waals surface area contributed by atoms with Crippen LogP contribution in [0.25, 0.3) is 0 Å². The Morgan fingerprint density at radius 2 is 1.35 bits per heavy atom. The minimum atomic E-state index is -2.80. The zero-order valence-electron chi connectivity index (χ0n) is 33.0. The summed E-state index contributed by atoms with van der Waals surface area (Å²) in [6.07, 6.45) is -8.92. The van der Waals surface area contributed by atoms with Crippen LogP contribution in [0.15, 0.2) is 18.5 Å². The van der Waals surface area contributed by atoms with Crippen LogP contribution in [0.1, 0.15) is 84.7 Å². The summed E-state index contributed by atoms with van der Waals surface area (Å²) in [5.74, 6) is -10.5. The summed E-state index contributed by atoms with van der Waals surface area (Å²) in [4.78, 5) is 111. The molecule has 4 bridgehead atoms. The van der Waals surface area contributed by atoms with Crippen molar-refractivity contribution in [2.45, 2.75) is 129 Å². The molecule has 57 heavy (non-hydrogen) atoms. The fraction of sp³-hybridized carbons (Fsp3) is 0.658. The Morgan fingerprint density at radius 1 is 0.807 bits per heavy atom. The molecular formula is C38H47NO18. The van der Waals surface area contributed by atoms with Gasteiger partial charge in [0, 0.05) is 53.9 Å². The Kier molecular flexibility index (Phi) is 11.8. The second-order valence-electron chi connectivity index (χ2n) is 15.3. The highest BCUT2D eigenvalue weighted by molar-refractivity contribution is 5.90. The first kappa shape index (κ1) is 43.0. The molecule has 312 valence electrons. The predicted octanol–water partition coefficient (Wildman–Crippen LogP) is 0.863. The van der Waals surface area contributed by atoms with Crippen molar-refractivity contribution in [2.75, 3.05) is 13.2 Å². The second-order valence-corrected chi connectivity index (χ2v) is 15.3. The third kappa shape index (κ3) is 7.30. The highest BCUT2D eigenvalue weighted by Gasteiger charge is 2.92. The van der Waals surface area contributed by atoms with E-state index in [2.05, 4.69) is 4.98 Å². The zero-order valence-corrected chi connectivity index (χ0v) is 33.0. The van der Waals surface area contributed by atoms with E-state index < -0.39 is 132 Å². The predicted molar refractivity (Wildman–Crippen MR) is 185 cm³/mol. The highest BCUT2D eigenvalue weighted by Crippen LogP contribution is 2.70. The van der Waals surface area contributed by atoms with Crippen LogP contribution in [0.3, 0.4) is 0 Å². The first-order valence-corrected chi connectivity index (χ1v) is 18.3. The lowest BCUT2D eigenvalue weighted by molar-refractivity contribution is -0.386. The van der Waals surface area contributed by atoms with Gasteiger partial charge in [0.1, 0.15) is 42.0 Å². The SMILES string of the molecule is CC(=O)OC[C@]12[C@H](OC(C)=O)[C@H](OC(C)=O)[C@@H]3[C@@H](OC(C)=O)[C@@]14O[C@@]3(C)COC(=O)c1cnccc1CCC(C)C(=O)O[C@@H]([C@H](OC(C)=O)[C@@H]2OC(C)=O)[C@]4(C)O. The first-order chi connectivity index (χ1) is 26.5. The fourth-order valence-electron chi connectivity index (χ4n) is 9.18. The summed E-state index contributed by atoms with van der Waals surface area (Å²) < 4.78 is 54.2. The quantitative estimate of drug-likeness (QED) is 0.296. The minimum absolute atomic E-state index is 0.0290. The van der Waals surface area contributed by atoms with E-state index >= 15 is 0 Å². The number of pyridine rings is 1. The van der Waals surface area contributed by atoms with Gasteiger partial charge in [0.15, 0.2) is 30.0 Å². The molecule has 1 spiro atoms. The Labute approximate surface area is 327 Å². The van der Waals surface area contributed by atoms with Crippen LogP contribution < -0.4 is 0 Å². The largest absolute Gasteiger partial charge is 0.465 e. The summed E-state index contributed by atoms with van der Waals surface area (Å²) >= 11 is 0. The van der Waals surface area contributed by atoms with E-state index in [9.17, 15) is 43.5 Å². The van der Waals surface area contributed by atoms with Gasteiger partial charge in [0.25, 0.3) is 0 Å². The van der Waals surface area contributed by atoms with Crippen molar-refractivity contribution >= 4 is 47.8 Å². The van der Waals surface area contributed by atoms with E-state index in [4.69, 9.17) is 42.6 Å². The maximum Gasteiger partial charge on any atom is 0.340 e. The van der Waals surface area contributed by atoms with E-state index in [0.717, 1.165) is 48.5 Å². The third-order valence-corrected chi connectivity index (χ3v) is 11.2. The second kappa shape index (κ2) is 15.6. The monoisotopic (exact) mass is 805 g/mol. The molecule has 19 nitrogen and oxygen atoms in total. The molecule has 1 saturated heterocycles. The van der Waals surface area contributed by atoms with E-state index in [-0.39, 0.29) is 18.4 Å². The van der Waals surface area contributed by atoms with Gasteiger partial charge in [-0.3, -0.25) is 38.5 Å². The molecule has 19 heteroatoms. The number of aromatic nitrogens is 1. The van der Waals surface area contributed by atoms with Crippen LogP contribution in [0, 0.1) is 17.3 Å². The number of cyclic esters (lactones) is 1. The number of esters is 8. The topological polar surface area (TPSA) is 253 Å². The third-order valence-electron chi connectivity index (χ3n) is 11.2. The van der Waals surface area contributed by atoms with Crippen LogP contribution in [-0.2, 0) is 82.6 Å². The number of aliphatic hydroxyl groups is 1. The van der Waals surface area contributed by atoms with Crippen LogP contribution in [0.2, 0.25) is 0 Å². The molecule has 1 aromatic heterocycles. The van der Waals surface area contributed by atoms with Crippen molar-refractivity contribution in [2.24, 2.45) is 17.3 Å². The average Bonchev–Trinajstić information content (AvgIpc) is 3.32. The van der Waals surface area contributed by atoms with Gasteiger partial charge in [0.2, 0.25) is 0 Å². The molecule has 3 heterocycles. The van der Waals surface area contributed by atoms with Gasteiger partial charge in [-0.2, -0.15) is 0 Å². The van der Waals surface area contributed by atoms with E-state index in [1.807, 2.05) is 0 Å². The lowest BCUT2D eigenvalue weighted by Gasteiger charge is -2.67. The number of ether oxygens (including phenoxy) is 9. The maximum atomic E-state index is 14.1. The highest BCUT2D eigenvalue weighted by atomic mass is 16.7. The van der Waals surface area contributed by atoms with Crippen molar-refractivity contribution in [3.8, 4) is 0 Å². The number of rotatable bonds is 7. The molecule has 2 aliphatic heterocycles. The Morgan fingerprint density at radius 3 is 1.91 bits per heavy atom. The van der Waals surface area contributed by atoms with Crippen LogP contribution in [0.5, 0.6) is 0 Å². The molecule has 3 fully saturated rings. The van der Waals surface area contributed by atoms with Crippen molar-refractivity contribution in [3.05, 3.63) is 29.6 Å². The van der Waals surface area contributed by atoms with Gasteiger partial charge in [-0.05, 0) is 38.3 Å². The van der Waals surface area contributed by atoms with Crippen molar-refractivity contribution in [1.82, 2.24) is 4.98 Å². The van der Waals surface area contributed by atoms with E-state index in [0.29, 0.717) is 5.56 Å². The maximum absolute atomic E-state index is 14.1. The number of aryl methyl sites for hydroxylation is 1. The fourth-order valence-corrected chi connectivity index (χ4v) is 9.18. The normalized spacial score (nSPS) is 37.1. The average molecular weight is 806 g/mol. The van der Waals surface area contributed by atoms with E-state index in [1.54, 1.807) is 6.07 Å². The number of hydrogen-bond acceptors (Lipinski definition) is 19. The molecule has 5 rings (SSSR count). The van der Waals surface area contributed by atoms with E-state index in [1.165, 1.54) is 26.2 Å². The molecule has 1 N–H and O–H groups in total. The molecular weight excluding hydrogens is 758 g/mol. The molecule has 2 aliphatic carbocycles. The molecule has 2 saturated carbocycles. The summed E-state index contributed by atoms with van der Waals surface area (Å²) in [6.45, 7) is 8.17. The molecule has 1 unspecified atom stereocenters. The molecule has 0 aromatic carbocycles. The smallest absolute Gasteiger partial charge is 0.340 e. The number of fused-ring (bicyclic) bond motifs is 5. The molecule has 12 atom stereocenters. The van der Waals surface area contributed by atoms with Crippen molar-refractivity contribution in [3.63, 3.8) is 0 Å². The Hall–Kier alpha value is -5.17. The standard InChI is InChI=1S/C38H47NO18/c1-17-10-11-24-12-13-39-14-25(24)34(47)50-15-35(8)26-27(51-19(3)41)31(54-22(6)44)37(16-49-18(2)40)32(55-23(7)45)28(52-20(4)42)30(56-33(17)46)36(9,48)38(37,57-35)29(26)53-21(5)43/h12-14,17,26-32,48H,10-11,15-16H2,1-9H3/t17?,26-,27-,28+,29-,30+,31-,32+,35+,36+,37-,38+/m1/s1. The molecule has 0 amide bonds. The summed E-state index contributed by atoms with van der Waals surface area (Å²) in [5, 5.41) is 13.4. The summed E-state index contributed by atoms with van der Waals surface area (Å²) in [6, 6.07) is 1.56. The van der Waals surface area contributed by atoms with Gasteiger partial charge in [-0.1, -0.05) is 6.92 Å². The van der Waals surface area contributed by atoms with Crippen molar-refractivity contribution in [1.29, 1.82) is 0 Å². The number of carbonyl (C=O) groups is 8. The van der Waals surface area contributed by atoms with Gasteiger partial charge >= 0.3 is 47.8 Å². The molecule has 0 radical (unpaired) electrons. The van der Waals surface area contributed by atoms with Gasteiger partial charge < -0.3 is 47.7 Å². The minimum Gasteiger partial charge on any atom is -0.465 e. The van der Waals surface area contributed by atoms with Gasteiger partial charge in [-0.25, -0.2) is 4.79 Å². The lowest BCUT2D eigenvalue weighted by Crippen LogP contribution is -2.89. The number of nitrogens with zero attached hydrogens (tertiary/aromatic N) is 1. The van der Waals surface area contributed by atoms with Crippen LogP contribution >= 0.6 is 0 Å². The first-order valence-electron chi connectivity index (χ1n) is 18.3. The van der Waals surface area contributed by atoms with Crippen LogP contribution in [-0.4, -0.2) is 124 Å². The van der Waals surface area contributed by atoms with Crippen LogP contribution in [0.4, 0.5) is 0 Å². The summed E-state index contributed by atoms with van der Waals surface area (Å²) in [7, 11) is 0. The van der Waals surface area contributed by atoms with Gasteiger partial charge in [-0.15, -0.1) is 0 Å². The zero-order chi connectivity index (χ0) is 42.4. The lowest BCUT2D eigenvalue weighted by atomic mass is 9.45. The van der Waals surface area contributed by atoms with Crippen molar-refractivity contribution < 1.29 is 86.1 Å². The Balaban J connectivity index is 1.99. The number of carbonyl (C=O) groups excluding carboxylic acids is 8. The molecule has 4 aliphatic rings. The summed E-state index contributed by atoms with van der Waals surface area (Å²) in [5.41, 5.74) is -9.68.